The van der Waals surface area contributed by atoms with E-state index in [9.17, 15) is 14.4 Å². The number of imide groups is 1. The van der Waals surface area contributed by atoms with Crippen molar-refractivity contribution in [3.63, 3.8) is 0 Å². The first kappa shape index (κ1) is 10.1. The van der Waals surface area contributed by atoms with E-state index >= 15 is 0 Å². The molecule has 5 heteroatoms. The summed E-state index contributed by atoms with van der Waals surface area (Å²) in [6.45, 7) is 1.83. The Labute approximate surface area is 87.1 Å². The van der Waals surface area contributed by atoms with Gasteiger partial charge >= 0.3 is 5.97 Å². The van der Waals surface area contributed by atoms with E-state index in [0.29, 0.717) is 12.8 Å². The summed E-state index contributed by atoms with van der Waals surface area (Å²) in [6.07, 6.45) is 1.35. The van der Waals surface area contributed by atoms with Gasteiger partial charge < -0.3 is 5.11 Å². The Morgan fingerprint density at radius 3 is 2.13 bits per heavy atom. The van der Waals surface area contributed by atoms with Gasteiger partial charge in [-0.2, -0.15) is 0 Å². The van der Waals surface area contributed by atoms with E-state index in [2.05, 4.69) is 0 Å². The number of hydrogen-bond donors (Lipinski definition) is 1. The van der Waals surface area contributed by atoms with E-state index < -0.39 is 11.5 Å². The molecule has 2 amide bonds. The predicted molar refractivity (Wildman–Crippen MR) is 49.9 cm³/mol. The molecule has 2 rings (SSSR count). The molecule has 0 bridgehead atoms. The number of likely N-dealkylation sites (tertiary alicyclic amines) is 1. The van der Waals surface area contributed by atoms with Gasteiger partial charge in [-0.25, -0.2) is 4.79 Å². The summed E-state index contributed by atoms with van der Waals surface area (Å²) in [6, 6.07) is 0. The monoisotopic (exact) mass is 211 g/mol. The van der Waals surface area contributed by atoms with E-state index in [1.807, 2.05) is 6.92 Å². The Morgan fingerprint density at radius 1 is 1.33 bits per heavy atom. The first-order valence-electron chi connectivity index (χ1n) is 5.06. The number of carboxylic acid groups (broad SMARTS) is 1. The van der Waals surface area contributed by atoms with Crippen LogP contribution in [-0.4, -0.2) is 33.3 Å². The zero-order valence-corrected chi connectivity index (χ0v) is 8.52. The summed E-state index contributed by atoms with van der Waals surface area (Å²) in [5.74, 6) is -1.69. The molecule has 1 saturated carbocycles. The number of rotatable bonds is 2. The molecule has 0 atom stereocenters. The van der Waals surface area contributed by atoms with Crippen molar-refractivity contribution in [2.75, 3.05) is 0 Å². The molecule has 0 aromatic heterocycles. The fourth-order valence-electron chi connectivity index (χ4n) is 2.12. The van der Waals surface area contributed by atoms with Crippen molar-refractivity contribution in [3.8, 4) is 0 Å². The van der Waals surface area contributed by atoms with Gasteiger partial charge in [-0.15, -0.1) is 0 Å². The number of carbonyl (C=O) groups excluding carboxylic acids is 2. The fraction of sp³-hybridized carbons (Fsp3) is 0.700. The second kappa shape index (κ2) is 3.05. The van der Waals surface area contributed by atoms with Crippen LogP contribution in [0.1, 0.15) is 32.6 Å². The van der Waals surface area contributed by atoms with E-state index in [0.717, 1.165) is 4.90 Å². The van der Waals surface area contributed by atoms with Crippen LogP contribution in [0.5, 0.6) is 0 Å². The van der Waals surface area contributed by atoms with E-state index in [-0.39, 0.29) is 30.6 Å². The highest BCUT2D eigenvalue weighted by Crippen LogP contribution is 2.44. The van der Waals surface area contributed by atoms with Gasteiger partial charge in [0.25, 0.3) is 0 Å². The first-order valence-corrected chi connectivity index (χ1v) is 5.06. The van der Waals surface area contributed by atoms with E-state index in [1.165, 1.54) is 0 Å². The molecule has 5 nitrogen and oxygen atoms in total. The molecule has 1 saturated heterocycles. The summed E-state index contributed by atoms with van der Waals surface area (Å²) in [5.41, 5.74) is -1.20. The van der Waals surface area contributed by atoms with Gasteiger partial charge in [0.1, 0.15) is 5.54 Å². The van der Waals surface area contributed by atoms with Crippen LogP contribution >= 0.6 is 0 Å². The normalized spacial score (nSPS) is 25.5. The van der Waals surface area contributed by atoms with Crippen molar-refractivity contribution in [2.24, 2.45) is 5.92 Å². The van der Waals surface area contributed by atoms with Crippen LogP contribution in [0.15, 0.2) is 0 Å². The maximum atomic E-state index is 11.6. The van der Waals surface area contributed by atoms with Crippen molar-refractivity contribution in [1.29, 1.82) is 0 Å². The van der Waals surface area contributed by atoms with Crippen LogP contribution in [0.2, 0.25) is 0 Å². The number of carbonyl (C=O) groups is 3. The Balaban J connectivity index is 2.25. The molecular formula is C10H13NO4. The minimum absolute atomic E-state index is 0.0332. The van der Waals surface area contributed by atoms with Gasteiger partial charge in [-0.1, -0.05) is 6.92 Å². The third-order valence-electron chi connectivity index (χ3n) is 3.09. The van der Waals surface area contributed by atoms with Gasteiger partial charge in [0.2, 0.25) is 11.8 Å². The smallest absolute Gasteiger partial charge is 0.330 e. The average Bonchev–Trinajstić information content (AvgIpc) is 2.83. The maximum Gasteiger partial charge on any atom is 0.330 e. The Hall–Kier alpha value is -1.39. The molecular weight excluding hydrogens is 198 g/mol. The molecule has 0 aromatic rings. The quantitative estimate of drug-likeness (QED) is 0.670. The molecule has 1 aliphatic heterocycles. The molecule has 1 heterocycles. The number of nitrogens with zero attached hydrogens (tertiary/aromatic N) is 1. The zero-order chi connectivity index (χ0) is 11.2. The number of amides is 2. The lowest BCUT2D eigenvalue weighted by Crippen LogP contribution is -2.53. The maximum absolute atomic E-state index is 11.6. The van der Waals surface area contributed by atoms with Gasteiger partial charge in [0.05, 0.1) is 0 Å². The van der Waals surface area contributed by atoms with Crippen molar-refractivity contribution in [2.45, 2.75) is 38.1 Å². The van der Waals surface area contributed by atoms with Gasteiger partial charge in [0, 0.05) is 12.8 Å². The number of hydrogen-bond acceptors (Lipinski definition) is 3. The van der Waals surface area contributed by atoms with Crippen LogP contribution in [0.3, 0.4) is 0 Å². The third kappa shape index (κ3) is 1.42. The molecule has 0 spiro atoms. The molecule has 15 heavy (non-hydrogen) atoms. The highest BCUT2D eigenvalue weighted by Gasteiger charge is 2.60. The Kier molecular flexibility index (Phi) is 2.06. The molecule has 0 unspecified atom stereocenters. The largest absolute Gasteiger partial charge is 0.479 e. The van der Waals surface area contributed by atoms with Crippen LogP contribution in [-0.2, 0) is 14.4 Å². The molecule has 2 aliphatic rings. The van der Waals surface area contributed by atoms with Gasteiger partial charge in [-0.05, 0) is 18.8 Å². The molecule has 1 N–H and O–H groups in total. The van der Waals surface area contributed by atoms with Crippen LogP contribution in [0.4, 0.5) is 0 Å². The van der Waals surface area contributed by atoms with Crippen molar-refractivity contribution in [1.82, 2.24) is 4.90 Å². The molecule has 2 fully saturated rings. The standard InChI is InChI=1S/C10H13NO4/c1-6-4-7(12)11(8(13)5-6)10(2-3-10)9(14)15/h6H,2-5H2,1H3,(H,14,15). The predicted octanol–water partition coefficient (Wildman–Crippen LogP) is 0.389. The minimum atomic E-state index is -1.20. The summed E-state index contributed by atoms with van der Waals surface area (Å²) in [7, 11) is 0. The van der Waals surface area contributed by atoms with E-state index in [4.69, 9.17) is 5.11 Å². The number of aliphatic carboxylic acids is 1. The van der Waals surface area contributed by atoms with E-state index in [1.54, 1.807) is 0 Å². The minimum Gasteiger partial charge on any atom is -0.479 e. The SMILES string of the molecule is CC1CC(=O)N(C2(C(=O)O)CC2)C(=O)C1. The number of piperidine rings is 1. The summed E-state index contributed by atoms with van der Waals surface area (Å²) >= 11 is 0. The first-order chi connectivity index (χ1) is 6.97. The molecule has 0 radical (unpaired) electrons. The second-order valence-corrected chi connectivity index (χ2v) is 4.47. The second-order valence-electron chi connectivity index (χ2n) is 4.47. The average molecular weight is 211 g/mol. The van der Waals surface area contributed by atoms with Gasteiger partial charge in [-0.3, -0.25) is 14.5 Å². The van der Waals surface area contributed by atoms with Crippen molar-refractivity contribution >= 4 is 17.8 Å². The van der Waals surface area contributed by atoms with Crippen molar-refractivity contribution < 1.29 is 19.5 Å². The lowest BCUT2D eigenvalue weighted by atomic mass is 9.96. The highest BCUT2D eigenvalue weighted by atomic mass is 16.4. The molecule has 1 aliphatic carbocycles. The Bertz CT molecular complexity index is 327. The lowest BCUT2D eigenvalue weighted by Gasteiger charge is -2.32. The van der Waals surface area contributed by atoms with Crippen LogP contribution in [0, 0.1) is 5.92 Å². The van der Waals surface area contributed by atoms with Gasteiger partial charge in [0.15, 0.2) is 0 Å². The summed E-state index contributed by atoms with van der Waals surface area (Å²) in [4.78, 5) is 35.3. The van der Waals surface area contributed by atoms with Crippen molar-refractivity contribution in [3.05, 3.63) is 0 Å². The fourth-order valence-corrected chi connectivity index (χ4v) is 2.12. The van der Waals surface area contributed by atoms with Crippen LogP contribution < -0.4 is 0 Å². The number of carboxylic acids is 1. The summed E-state index contributed by atoms with van der Waals surface area (Å²) < 4.78 is 0. The summed E-state index contributed by atoms with van der Waals surface area (Å²) in [5, 5.41) is 9.01. The molecule has 82 valence electrons. The topological polar surface area (TPSA) is 74.7 Å². The van der Waals surface area contributed by atoms with Crippen LogP contribution in [0.25, 0.3) is 0 Å². The highest BCUT2D eigenvalue weighted by molar-refractivity contribution is 6.04. The molecule has 0 aromatic carbocycles. The lowest BCUT2D eigenvalue weighted by molar-refractivity contribution is -0.163. The zero-order valence-electron chi connectivity index (χ0n) is 8.52. The Morgan fingerprint density at radius 2 is 1.80 bits per heavy atom. The third-order valence-corrected chi connectivity index (χ3v) is 3.09.